The molecule has 11 heteroatoms. The van der Waals surface area contributed by atoms with Crippen LogP contribution in [0, 0.1) is 0 Å². The highest BCUT2D eigenvalue weighted by molar-refractivity contribution is 7.89. The maximum absolute atomic E-state index is 13.4. The highest BCUT2D eigenvalue weighted by Gasteiger charge is 2.30. The number of aromatic nitrogens is 2. The summed E-state index contributed by atoms with van der Waals surface area (Å²) in [5.74, 6) is 2.11. The van der Waals surface area contributed by atoms with E-state index in [9.17, 15) is 8.42 Å². The van der Waals surface area contributed by atoms with E-state index < -0.39 is 10.0 Å². The summed E-state index contributed by atoms with van der Waals surface area (Å²) in [6, 6.07) is 20.7. The number of fused-ring (bicyclic) bond motifs is 1. The van der Waals surface area contributed by atoms with E-state index in [1.807, 2.05) is 59.5 Å². The Morgan fingerprint density at radius 1 is 0.791 bits per heavy atom. The van der Waals surface area contributed by atoms with E-state index in [1.165, 1.54) is 4.31 Å². The first-order valence-corrected chi connectivity index (χ1v) is 16.1. The molecule has 1 aliphatic rings. The molecule has 1 aromatic heterocycles. The smallest absolute Gasteiger partial charge is 0.243 e. The van der Waals surface area contributed by atoms with Crippen molar-refractivity contribution in [3.63, 3.8) is 0 Å². The van der Waals surface area contributed by atoms with Crippen molar-refractivity contribution >= 4 is 45.1 Å². The highest BCUT2D eigenvalue weighted by atomic mass is 35.5. The minimum atomic E-state index is -3.63. The summed E-state index contributed by atoms with van der Waals surface area (Å²) >= 11 is 0. The third-order valence-corrected chi connectivity index (χ3v) is 9.32. The van der Waals surface area contributed by atoms with Gasteiger partial charge in [-0.2, -0.15) is 9.29 Å². The molecule has 4 aromatic rings. The quantitative estimate of drug-likeness (QED) is 0.186. The van der Waals surface area contributed by atoms with Crippen molar-refractivity contribution in [3.8, 4) is 22.6 Å². The fourth-order valence-corrected chi connectivity index (χ4v) is 6.32. The summed E-state index contributed by atoms with van der Waals surface area (Å²) in [7, 11) is -3.63. The van der Waals surface area contributed by atoms with E-state index in [2.05, 4.69) is 18.8 Å². The number of piperazine rings is 1. The molecule has 1 saturated heterocycles. The van der Waals surface area contributed by atoms with Crippen LogP contribution in [0.3, 0.4) is 0 Å². The van der Waals surface area contributed by atoms with Crippen LogP contribution in [0.15, 0.2) is 71.6 Å². The van der Waals surface area contributed by atoms with Crippen LogP contribution in [0.4, 0.5) is 11.8 Å². The van der Waals surface area contributed by atoms with Crippen LogP contribution in [0.25, 0.3) is 22.0 Å². The molecular weight excluding hydrogens is 586 g/mol. The molecule has 5 rings (SSSR count). The topological polar surface area (TPSA) is 111 Å². The van der Waals surface area contributed by atoms with Gasteiger partial charge in [0.25, 0.3) is 0 Å². The Hall–Kier alpha value is -3.60. The molecule has 9 nitrogen and oxygen atoms in total. The molecule has 2 heterocycles. The Balaban J connectivity index is 0.00000423. The standard InChI is InChI=1S/C32H39N5O4S.ClH/c1-3-5-20-40-29-22-27-28(23-30(29)41-21-6-4-2)34-32(35-31(27)33)36-16-18-37(19-17-36)42(38,39)26-14-12-25(13-15-26)24-10-8-7-9-11-24;/h7-15,22-23H,3-6,16-21H2,1-2H3,(H2,33,34,35);1H. The minimum Gasteiger partial charge on any atom is -0.490 e. The number of benzene rings is 3. The SMILES string of the molecule is CCCCOc1cc2nc(N3CCN(S(=O)(=O)c4ccc(-c5ccccc5)cc4)CC3)nc(N)c2cc1OCCCC.Cl. The molecule has 0 spiro atoms. The number of nitrogen functional groups attached to an aromatic ring is 1. The third kappa shape index (κ3) is 7.49. The molecule has 0 amide bonds. The second-order valence-corrected chi connectivity index (χ2v) is 12.3. The molecule has 0 saturated carbocycles. The molecule has 0 radical (unpaired) electrons. The fraction of sp³-hybridized carbons (Fsp3) is 0.375. The number of sulfonamides is 1. The van der Waals surface area contributed by atoms with Crippen LogP contribution in [-0.4, -0.2) is 62.1 Å². The van der Waals surface area contributed by atoms with Gasteiger partial charge in [0.05, 0.1) is 23.6 Å². The number of anilines is 2. The van der Waals surface area contributed by atoms with Crippen molar-refractivity contribution in [2.45, 2.75) is 44.4 Å². The summed E-state index contributed by atoms with van der Waals surface area (Å²) in [6.45, 7) is 6.96. The number of ether oxygens (including phenoxy) is 2. The van der Waals surface area contributed by atoms with Crippen LogP contribution in [0.2, 0.25) is 0 Å². The molecule has 0 bridgehead atoms. The largest absolute Gasteiger partial charge is 0.490 e. The lowest BCUT2D eigenvalue weighted by atomic mass is 10.1. The van der Waals surface area contributed by atoms with Gasteiger partial charge in [-0.3, -0.25) is 0 Å². The van der Waals surface area contributed by atoms with E-state index in [0.29, 0.717) is 73.6 Å². The van der Waals surface area contributed by atoms with Gasteiger partial charge in [-0.15, -0.1) is 12.4 Å². The summed E-state index contributed by atoms with van der Waals surface area (Å²) in [4.78, 5) is 11.6. The summed E-state index contributed by atoms with van der Waals surface area (Å²) < 4.78 is 40.4. The van der Waals surface area contributed by atoms with E-state index in [0.717, 1.165) is 36.8 Å². The first-order chi connectivity index (χ1) is 20.4. The highest BCUT2D eigenvalue weighted by Crippen LogP contribution is 2.35. The second kappa shape index (κ2) is 14.7. The molecule has 1 aliphatic heterocycles. The van der Waals surface area contributed by atoms with Crippen LogP contribution in [-0.2, 0) is 10.0 Å². The number of hydrogen-bond donors (Lipinski definition) is 1. The lowest BCUT2D eigenvalue weighted by Gasteiger charge is -2.34. The average molecular weight is 626 g/mol. The first-order valence-electron chi connectivity index (χ1n) is 14.7. The minimum absolute atomic E-state index is 0. The fourth-order valence-electron chi connectivity index (χ4n) is 4.90. The lowest BCUT2D eigenvalue weighted by molar-refractivity contribution is 0.262. The van der Waals surface area contributed by atoms with E-state index in [1.54, 1.807) is 12.1 Å². The number of nitrogens with zero attached hydrogens (tertiary/aromatic N) is 4. The predicted molar refractivity (Wildman–Crippen MR) is 175 cm³/mol. The third-order valence-electron chi connectivity index (χ3n) is 7.41. The van der Waals surface area contributed by atoms with E-state index in [4.69, 9.17) is 20.2 Å². The molecule has 0 atom stereocenters. The van der Waals surface area contributed by atoms with Crippen molar-refractivity contribution < 1.29 is 17.9 Å². The molecule has 0 unspecified atom stereocenters. The number of nitrogens with two attached hydrogens (primary N) is 1. The van der Waals surface area contributed by atoms with Crippen molar-refractivity contribution in [1.82, 2.24) is 14.3 Å². The van der Waals surface area contributed by atoms with Crippen LogP contribution in [0.5, 0.6) is 11.5 Å². The molecule has 230 valence electrons. The molecule has 3 aromatic carbocycles. The number of unbranched alkanes of at least 4 members (excludes halogenated alkanes) is 2. The molecular formula is C32H40ClN5O4S. The molecule has 43 heavy (non-hydrogen) atoms. The Labute approximate surface area is 260 Å². The van der Waals surface area contributed by atoms with Gasteiger partial charge in [0.2, 0.25) is 16.0 Å². The van der Waals surface area contributed by atoms with Crippen molar-refractivity contribution in [1.29, 1.82) is 0 Å². The zero-order chi connectivity index (χ0) is 29.5. The van der Waals surface area contributed by atoms with Gasteiger partial charge in [-0.05, 0) is 42.2 Å². The predicted octanol–water partition coefficient (Wildman–Crippen LogP) is 6.17. The average Bonchev–Trinajstić information content (AvgIpc) is 3.02. The van der Waals surface area contributed by atoms with Gasteiger partial charge >= 0.3 is 0 Å². The zero-order valence-electron chi connectivity index (χ0n) is 24.7. The number of halogens is 1. The lowest BCUT2D eigenvalue weighted by Crippen LogP contribution is -2.49. The normalized spacial score (nSPS) is 14.0. The molecule has 0 aliphatic carbocycles. The van der Waals surface area contributed by atoms with E-state index >= 15 is 0 Å². The van der Waals surface area contributed by atoms with Crippen LogP contribution >= 0.6 is 12.4 Å². The van der Waals surface area contributed by atoms with Gasteiger partial charge in [-0.25, -0.2) is 13.4 Å². The molecule has 1 fully saturated rings. The Bertz CT molecular complexity index is 1600. The maximum Gasteiger partial charge on any atom is 0.243 e. The van der Waals surface area contributed by atoms with E-state index in [-0.39, 0.29) is 17.3 Å². The summed E-state index contributed by atoms with van der Waals surface area (Å²) in [5.41, 5.74) is 9.09. The summed E-state index contributed by atoms with van der Waals surface area (Å²) in [5, 5.41) is 0.702. The zero-order valence-corrected chi connectivity index (χ0v) is 26.4. The Morgan fingerprint density at radius 3 is 1.98 bits per heavy atom. The number of hydrogen-bond acceptors (Lipinski definition) is 8. The van der Waals surface area contributed by atoms with Gasteiger partial charge < -0.3 is 20.1 Å². The van der Waals surface area contributed by atoms with Crippen molar-refractivity contribution in [3.05, 3.63) is 66.7 Å². The Kier molecular flexibility index (Phi) is 11.1. The van der Waals surface area contributed by atoms with Gasteiger partial charge in [0.1, 0.15) is 5.82 Å². The monoisotopic (exact) mass is 625 g/mol. The van der Waals surface area contributed by atoms with Crippen molar-refractivity contribution in [2.24, 2.45) is 0 Å². The second-order valence-electron chi connectivity index (χ2n) is 10.4. The summed E-state index contributed by atoms with van der Waals surface area (Å²) in [6.07, 6.45) is 3.94. The van der Waals surface area contributed by atoms with Gasteiger partial charge in [-0.1, -0.05) is 69.2 Å². The first kappa shape index (κ1) is 32.3. The van der Waals surface area contributed by atoms with Crippen molar-refractivity contribution in [2.75, 3.05) is 50.0 Å². The van der Waals surface area contributed by atoms with Gasteiger partial charge in [0, 0.05) is 37.6 Å². The van der Waals surface area contributed by atoms with Gasteiger partial charge in [0.15, 0.2) is 11.5 Å². The van der Waals surface area contributed by atoms with Crippen LogP contribution < -0.4 is 20.1 Å². The maximum atomic E-state index is 13.4. The molecule has 2 N–H and O–H groups in total. The Morgan fingerprint density at radius 2 is 1.37 bits per heavy atom. The van der Waals surface area contributed by atoms with Crippen LogP contribution in [0.1, 0.15) is 39.5 Å². The number of rotatable bonds is 12.